The standard InChI is InChI=1S/C20H25ClN8S/c1-14-9-17(30-26-14)24-19-23-10-16(21)18(25-19)28-12-20(13-28,4-5-22)29-8-7-27-6-2-3-15(27)11-29/h9-10,15H,2-4,6-8,11-13H2,1H3,(H,23,24,25)/t15-/m0/s1. The lowest BCUT2D eigenvalue weighted by molar-refractivity contribution is -0.000512. The Morgan fingerprint density at radius 3 is 3.00 bits per heavy atom. The number of piperazine rings is 1. The molecule has 0 bridgehead atoms. The molecule has 0 spiro atoms. The van der Waals surface area contributed by atoms with Crippen LogP contribution in [0.3, 0.4) is 0 Å². The van der Waals surface area contributed by atoms with Crippen LogP contribution in [-0.4, -0.2) is 75.0 Å². The van der Waals surface area contributed by atoms with E-state index in [0.717, 1.165) is 49.2 Å². The van der Waals surface area contributed by atoms with Crippen molar-refractivity contribution in [1.29, 1.82) is 5.26 Å². The topological polar surface area (TPSA) is 84.2 Å². The molecule has 3 fully saturated rings. The molecule has 0 saturated carbocycles. The van der Waals surface area contributed by atoms with Crippen molar-refractivity contribution in [1.82, 2.24) is 24.1 Å². The van der Waals surface area contributed by atoms with E-state index in [9.17, 15) is 5.26 Å². The summed E-state index contributed by atoms with van der Waals surface area (Å²) >= 11 is 7.83. The van der Waals surface area contributed by atoms with Crippen molar-refractivity contribution in [3.8, 4) is 6.07 Å². The number of nitriles is 1. The summed E-state index contributed by atoms with van der Waals surface area (Å²) in [5.74, 6) is 1.24. The van der Waals surface area contributed by atoms with Crippen LogP contribution in [0.25, 0.3) is 0 Å². The van der Waals surface area contributed by atoms with Crippen LogP contribution in [-0.2, 0) is 0 Å². The van der Waals surface area contributed by atoms with Gasteiger partial charge in [0.1, 0.15) is 10.0 Å². The van der Waals surface area contributed by atoms with Crippen molar-refractivity contribution in [2.75, 3.05) is 49.5 Å². The molecule has 10 heteroatoms. The summed E-state index contributed by atoms with van der Waals surface area (Å²) in [5, 5.41) is 14.2. The van der Waals surface area contributed by atoms with Crippen molar-refractivity contribution in [2.24, 2.45) is 0 Å². The number of aryl methyl sites for hydroxylation is 1. The van der Waals surface area contributed by atoms with Gasteiger partial charge in [0.25, 0.3) is 0 Å². The molecule has 158 valence electrons. The summed E-state index contributed by atoms with van der Waals surface area (Å²) < 4.78 is 4.28. The lowest BCUT2D eigenvalue weighted by Gasteiger charge is -2.58. The van der Waals surface area contributed by atoms with E-state index in [-0.39, 0.29) is 5.54 Å². The zero-order valence-electron chi connectivity index (χ0n) is 17.0. The molecule has 3 aliphatic heterocycles. The third kappa shape index (κ3) is 3.62. The number of hydrogen-bond donors (Lipinski definition) is 1. The number of rotatable bonds is 5. The Morgan fingerprint density at radius 2 is 2.23 bits per heavy atom. The van der Waals surface area contributed by atoms with E-state index in [1.165, 1.54) is 30.9 Å². The Bertz CT molecular complexity index is 966. The summed E-state index contributed by atoms with van der Waals surface area (Å²) in [6, 6.07) is 5.04. The molecule has 1 atom stereocenters. The van der Waals surface area contributed by atoms with Gasteiger partial charge in [0.05, 0.1) is 29.9 Å². The van der Waals surface area contributed by atoms with Crippen LogP contribution >= 0.6 is 23.1 Å². The highest BCUT2D eigenvalue weighted by Gasteiger charge is 2.50. The maximum Gasteiger partial charge on any atom is 0.229 e. The van der Waals surface area contributed by atoms with E-state index in [1.807, 2.05) is 13.0 Å². The Morgan fingerprint density at radius 1 is 1.37 bits per heavy atom. The fourth-order valence-electron chi connectivity index (χ4n) is 4.98. The largest absolute Gasteiger partial charge is 0.351 e. The Kier molecular flexibility index (Phi) is 5.27. The molecule has 2 aromatic heterocycles. The highest BCUT2D eigenvalue weighted by molar-refractivity contribution is 7.10. The Balaban J connectivity index is 1.31. The minimum atomic E-state index is -0.111. The van der Waals surface area contributed by atoms with Crippen molar-refractivity contribution in [3.05, 3.63) is 23.0 Å². The third-order valence-corrected chi connectivity index (χ3v) is 7.59. The Hall–Kier alpha value is -1.99. The number of aromatic nitrogens is 3. The summed E-state index contributed by atoms with van der Waals surface area (Å²) in [7, 11) is 0. The number of anilines is 3. The van der Waals surface area contributed by atoms with Crippen molar-refractivity contribution < 1.29 is 0 Å². The third-order valence-electron chi connectivity index (χ3n) is 6.52. The van der Waals surface area contributed by atoms with Crippen molar-refractivity contribution in [3.63, 3.8) is 0 Å². The van der Waals surface area contributed by atoms with E-state index in [2.05, 4.69) is 40.4 Å². The number of nitrogens with zero attached hydrogens (tertiary/aromatic N) is 7. The zero-order chi connectivity index (χ0) is 20.7. The fraction of sp³-hybridized carbons (Fsp3) is 0.600. The molecular weight excluding hydrogens is 420 g/mol. The number of halogens is 1. The first kappa shape index (κ1) is 19.9. The van der Waals surface area contributed by atoms with Crippen LogP contribution in [0.4, 0.5) is 16.8 Å². The minimum absolute atomic E-state index is 0.111. The molecule has 0 amide bonds. The maximum atomic E-state index is 9.53. The van der Waals surface area contributed by atoms with E-state index >= 15 is 0 Å². The molecule has 0 aliphatic carbocycles. The van der Waals surface area contributed by atoms with Gasteiger partial charge in [-0.3, -0.25) is 9.80 Å². The summed E-state index contributed by atoms with van der Waals surface area (Å²) in [5.41, 5.74) is 0.850. The zero-order valence-corrected chi connectivity index (χ0v) is 18.6. The fourth-order valence-corrected chi connectivity index (χ4v) is 5.85. The van der Waals surface area contributed by atoms with Crippen LogP contribution < -0.4 is 10.2 Å². The normalized spacial score (nSPS) is 23.6. The second-order valence-electron chi connectivity index (χ2n) is 8.52. The van der Waals surface area contributed by atoms with Crippen LogP contribution in [0.1, 0.15) is 25.0 Å². The van der Waals surface area contributed by atoms with Gasteiger partial charge in [-0.2, -0.15) is 14.6 Å². The van der Waals surface area contributed by atoms with Crippen molar-refractivity contribution in [2.45, 2.75) is 37.8 Å². The van der Waals surface area contributed by atoms with Crippen LogP contribution in [0.2, 0.25) is 5.02 Å². The monoisotopic (exact) mass is 444 g/mol. The molecule has 2 aromatic rings. The minimum Gasteiger partial charge on any atom is -0.351 e. The molecule has 0 aromatic carbocycles. The average Bonchev–Trinajstić information content (AvgIpc) is 3.34. The summed E-state index contributed by atoms with van der Waals surface area (Å²) in [4.78, 5) is 16.3. The van der Waals surface area contributed by atoms with Gasteiger partial charge in [0, 0.05) is 38.8 Å². The SMILES string of the molecule is Cc1cc(Nc2ncc(Cl)c(N3CC(CC#N)(N4CCN5CCC[C@H]5C4)C3)n2)sn1. The highest BCUT2D eigenvalue weighted by atomic mass is 35.5. The maximum absolute atomic E-state index is 9.53. The smallest absolute Gasteiger partial charge is 0.229 e. The quantitative estimate of drug-likeness (QED) is 0.753. The van der Waals surface area contributed by atoms with Gasteiger partial charge in [0.2, 0.25) is 5.95 Å². The second kappa shape index (κ2) is 7.93. The molecule has 5 heterocycles. The van der Waals surface area contributed by atoms with E-state index in [0.29, 0.717) is 23.4 Å². The second-order valence-corrected chi connectivity index (χ2v) is 9.73. The highest BCUT2D eigenvalue weighted by Crippen LogP contribution is 2.39. The van der Waals surface area contributed by atoms with Gasteiger partial charge in [-0.25, -0.2) is 4.98 Å². The average molecular weight is 445 g/mol. The lowest BCUT2D eigenvalue weighted by atomic mass is 9.83. The first-order chi connectivity index (χ1) is 14.6. The lowest BCUT2D eigenvalue weighted by Crippen LogP contribution is -2.73. The molecule has 0 unspecified atom stereocenters. The van der Waals surface area contributed by atoms with E-state index in [1.54, 1.807) is 6.20 Å². The summed E-state index contributed by atoms with van der Waals surface area (Å²) in [6.45, 7) is 7.91. The van der Waals surface area contributed by atoms with Gasteiger partial charge >= 0.3 is 0 Å². The molecule has 5 rings (SSSR count). The number of nitrogens with one attached hydrogen (secondary N) is 1. The molecule has 8 nitrogen and oxygen atoms in total. The van der Waals surface area contributed by atoms with Gasteiger partial charge in [-0.15, -0.1) is 0 Å². The van der Waals surface area contributed by atoms with E-state index < -0.39 is 0 Å². The van der Waals surface area contributed by atoms with Gasteiger partial charge in [0.15, 0.2) is 5.82 Å². The molecule has 3 aliphatic rings. The van der Waals surface area contributed by atoms with Gasteiger partial charge in [-0.05, 0) is 43.9 Å². The molecule has 1 N–H and O–H groups in total. The summed E-state index contributed by atoms with van der Waals surface area (Å²) in [6.07, 6.45) is 4.74. The molecule has 3 saturated heterocycles. The number of fused-ring (bicyclic) bond motifs is 1. The molecule has 0 radical (unpaired) electrons. The van der Waals surface area contributed by atoms with Crippen LogP contribution in [0, 0.1) is 18.3 Å². The van der Waals surface area contributed by atoms with Gasteiger partial charge in [-0.1, -0.05) is 11.6 Å². The predicted molar refractivity (Wildman–Crippen MR) is 119 cm³/mol. The molecular formula is C20H25ClN8S. The Labute approximate surface area is 185 Å². The first-order valence-corrected chi connectivity index (χ1v) is 11.6. The first-order valence-electron chi connectivity index (χ1n) is 10.4. The van der Waals surface area contributed by atoms with Gasteiger partial charge < -0.3 is 10.2 Å². The predicted octanol–water partition coefficient (Wildman–Crippen LogP) is 2.89. The van der Waals surface area contributed by atoms with Crippen LogP contribution in [0.5, 0.6) is 0 Å². The number of hydrogen-bond acceptors (Lipinski definition) is 9. The van der Waals surface area contributed by atoms with E-state index in [4.69, 9.17) is 11.6 Å². The molecule has 30 heavy (non-hydrogen) atoms. The van der Waals surface area contributed by atoms with Crippen LogP contribution in [0.15, 0.2) is 12.3 Å². The van der Waals surface area contributed by atoms with Crippen molar-refractivity contribution >= 4 is 39.9 Å².